The lowest BCUT2D eigenvalue weighted by Crippen LogP contribution is -2.12. The van der Waals surface area contributed by atoms with Crippen LogP contribution in [-0.4, -0.2) is 6.36 Å². The molecule has 0 aliphatic carbocycles. The molecule has 0 saturated heterocycles. The quantitative estimate of drug-likeness (QED) is 0.755. The minimum Gasteiger partial charge on any atom is -0.287 e. The van der Waals surface area contributed by atoms with E-state index in [2.05, 4.69) is 4.74 Å². The molecule has 0 saturated carbocycles. The average Bonchev–Trinajstić information content (AvgIpc) is 2.25. The van der Waals surface area contributed by atoms with Crippen LogP contribution in [0, 0.1) is 0 Å². The Labute approximate surface area is 90.5 Å². The van der Waals surface area contributed by atoms with Gasteiger partial charge in [0.05, 0.1) is 6.61 Å². The summed E-state index contributed by atoms with van der Waals surface area (Å²) in [5, 5.41) is 1.91. The van der Waals surface area contributed by atoms with Crippen molar-refractivity contribution < 1.29 is 17.9 Å². The van der Waals surface area contributed by atoms with Crippen LogP contribution in [0.2, 0.25) is 0 Å². The van der Waals surface area contributed by atoms with Crippen LogP contribution in [0.5, 0.6) is 0 Å². The normalized spacial score (nSPS) is 11.9. The first-order valence-corrected chi connectivity index (χ1v) is 4.73. The third-order valence-electron chi connectivity index (χ3n) is 2.22. The van der Waals surface area contributed by atoms with Gasteiger partial charge in [0, 0.05) is 0 Å². The fourth-order valence-corrected chi connectivity index (χ4v) is 1.49. The molecule has 2 aromatic rings. The summed E-state index contributed by atoms with van der Waals surface area (Å²) in [6, 6.07) is 12.6. The number of fused-ring (bicyclic) bond motifs is 1. The number of benzene rings is 2. The number of hydrogen-bond donors (Lipinski definition) is 0. The molecule has 16 heavy (non-hydrogen) atoms. The first-order chi connectivity index (χ1) is 7.54. The van der Waals surface area contributed by atoms with Gasteiger partial charge in [0.1, 0.15) is 0 Å². The van der Waals surface area contributed by atoms with E-state index >= 15 is 0 Å². The highest BCUT2D eigenvalue weighted by Crippen LogP contribution is 2.21. The van der Waals surface area contributed by atoms with Gasteiger partial charge in [-0.2, -0.15) is 0 Å². The second kappa shape index (κ2) is 4.14. The Bertz CT molecular complexity index is 491. The lowest BCUT2D eigenvalue weighted by molar-refractivity contribution is -0.330. The van der Waals surface area contributed by atoms with E-state index in [1.54, 1.807) is 18.2 Å². The van der Waals surface area contributed by atoms with Gasteiger partial charge in [-0.15, -0.1) is 13.2 Å². The topological polar surface area (TPSA) is 9.23 Å². The summed E-state index contributed by atoms with van der Waals surface area (Å²) in [7, 11) is 0. The maximum absolute atomic E-state index is 11.8. The van der Waals surface area contributed by atoms with Crippen molar-refractivity contribution >= 4 is 10.8 Å². The Kier molecular flexibility index (Phi) is 2.83. The Balaban J connectivity index is 2.20. The molecule has 0 spiro atoms. The fraction of sp³-hybridized carbons (Fsp3) is 0.167. The predicted molar refractivity (Wildman–Crippen MR) is 54.8 cm³/mol. The van der Waals surface area contributed by atoms with Gasteiger partial charge in [0.2, 0.25) is 0 Å². The molecule has 2 aromatic carbocycles. The summed E-state index contributed by atoms with van der Waals surface area (Å²) in [5.41, 5.74) is 0.510. The minimum absolute atomic E-state index is 0.450. The zero-order chi connectivity index (χ0) is 11.6. The van der Waals surface area contributed by atoms with E-state index in [0.717, 1.165) is 10.8 Å². The molecule has 0 radical (unpaired) electrons. The smallest absolute Gasteiger partial charge is 0.287 e. The first kappa shape index (κ1) is 11.0. The highest BCUT2D eigenvalue weighted by atomic mass is 19.4. The van der Waals surface area contributed by atoms with Crippen molar-refractivity contribution in [1.82, 2.24) is 0 Å². The maximum Gasteiger partial charge on any atom is 0.522 e. The van der Waals surface area contributed by atoms with Crippen LogP contribution in [0.1, 0.15) is 5.56 Å². The lowest BCUT2D eigenvalue weighted by Gasteiger charge is -2.07. The highest BCUT2D eigenvalue weighted by molar-refractivity contribution is 5.82. The van der Waals surface area contributed by atoms with E-state index in [4.69, 9.17) is 0 Å². The molecule has 0 amide bonds. The molecule has 0 fully saturated rings. The van der Waals surface area contributed by atoms with Gasteiger partial charge < -0.3 is 0 Å². The number of halogens is 3. The lowest BCUT2D eigenvalue weighted by atomic mass is 10.1. The standard InChI is InChI=1S/C12H9F3O/c13-12(14,15)16-8-9-5-6-10-3-1-2-4-11(10)7-9/h1-7H,8H2. The molecule has 1 nitrogen and oxygen atoms in total. The van der Waals surface area contributed by atoms with E-state index < -0.39 is 13.0 Å². The van der Waals surface area contributed by atoms with Gasteiger partial charge in [-0.3, -0.25) is 4.74 Å². The molecule has 0 bridgehead atoms. The van der Waals surface area contributed by atoms with Crippen LogP contribution in [0.25, 0.3) is 10.8 Å². The van der Waals surface area contributed by atoms with Gasteiger partial charge >= 0.3 is 6.36 Å². The van der Waals surface area contributed by atoms with Crippen LogP contribution in [-0.2, 0) is 11.3 Å². The predicted octanol–water partition coefficient (Wildman–Crippen LogP) is 3.88. The molecule has 4 heteroatoms. The second-order valence-electron chi connectivity index (χ2n) is 3.42. The molecular weight excluding hydrogens is 217 g/mol. The van der Waals surface area contributed by atoms with E-state index in [9.17, 15) is 13.2 Å². The highest BCUT2D eigenvalue weighted by Gasteiger charge is 2.28. The summed E-state index contributed by atoms with van der Waals surface area (Å²) >= 11 is 0. The molecule has 0 atom stereocenters. The monoisotopic (exact) mass is 226 g/mol. The van der Waals surface area contributed by atoms with Crippen LogP contribution in [0.4, 0.5) is 13.2 Å². The number of rotatable bonds is 2. The molecular formula is C12H9F3O. The molecule has 0 N–H and O–H groups in total. The SMILES string of the molecule is FC(F)(F)OCc1ccc2ccccc2c1. The van der Waals surface area contributed by atoms with Crippen LogP contribution >= 0.6 is 0 Å². The van der Waals surface area contributed by atoms with Gasteiger partial charge in [0.15, 0.2) is 0 Å². The van der Waals surface area contributed by atoms with Crippen LogP contribution in [0.3, 0.4) is 0 Å². The van der Waals surface area contributed by atoms with E-state index in [1.807, 2.05) is 24.3 Å². The molecule has 0 aromatic heterocycles. The van der Waals surface area contributed by atoms with Crippen LogP contribution in [0.15, 0.2) is 42.5 Å². The number of alkyl halides is 3. The third-order valence-corrected chi connectivity index (χ3v) is 2.22. The number of hydrogen-bond acceptors (Lipinski definition) is 1. The van der Waals surface area contributed by atoms with E-state index in [1.165, 1.54) is 0 Å². The zero-order valence-corrected chi connectivity index (χ0v) is 8.29. The molecule has 84 valence electrons. The first-order valence-electron chi connectivity index (χ1n) is 4.73. The Morgan fingerprint density at radius 1 is 0.938 bits per heavy atom. The molecule has 0 unspecified atom stereocenters. The van der Waals surface area contributed by atoms with Gasteiger partial charge in [-0.1, -0.05) is 36.4 Å². The Hall–Kier alpha value is -1.55. The van der Waals surface area contributed by atoms with Gasteiger partial charge in [0.25, 0.3) is 0 Å². The Morgan fingerprint density at radius 2 is 1.62 bits per heavy atom. The van der Waals surface area contributed by atoms with Gasteiger partial charge in [-0.05, 0) is 22.4 Å². The van der Waals surface area contributed by atoms with Crippen molar-refractivity contribution in [3.63, 3.8) is 0 Å². The number of ether oxygens (including phenoxy) is 1. The summed E-state index contributed by atoms with van der Waals surface area (Å²) in [4.78, 5) is 0. The van der Waals surface area contributed by atoms with Crippen molar-refractivity contribution in [2.75, 3.05) is 0 Å². The van der Waals surface area contributed by atoms with Crippen molar-refractivity contribution in [3.05, 3.63) is 48.0 Å². The molecule has 2 rings (SSSR count). The van der Waals surface area contributed by atoms with Crippen molar-refractivity contribution in [1.29, 1.82) is 0 Å². The zero-order valence-electron chi connectivity index (χ0n) is 8.29. The van der Waals surface area contributed by atoms with Crippen molar-refractivity contribution in [2.24, 2.45) is 0 Å². The minimum atomic E-state index is -4.58. The molecule has 0 aliphatic rings. The maximum atomic E-state index is 11.8. The average molecular weight is 226 g/mol. The van der Waals surface area contributed by atoms with Crippen molar-refractivity contribution in [3.8, 4) is 0 Å². The van der Waals surface area contributed by atoms with Crippen LogP contribution < -0.4 is 0 Å². The summed E-state index contributed by atoms with van der Waals surface area (Å²) in [5.74, 6) is 0. The summed E-state index contributed by atoms with van der Waals surface area (Å²) in [6.45, 7) is -0.450. The summed E-state index contributed by atoms with van der Waals surface area (Å²) in [6.07, 6.45) is -4.58. The van der Waals surface area contributed by atoms with Crippen molar-refractivity contribution in [2.45, 2.75) is 13.0 Å². The largest absolute Gasteiger partial charge is 0.522 e. The van der Waals surface area contributed by atoms with E-state index in [-0.39, 0.29) is 0 Å². The fourth-order valence-electron chi connectivity index (χ4n) is 1.49. The summed E-state index contributed by atoms with van der Waals surface area (Å²) < 4.78 is 39.3. The Morgan fingerprint density at radius 3 is 2.31 bits per heavy atom. The van der Waals surface area contributed by atoms with E-state index in [0.29, 0.717) is 5.56 Å². The second-order valence-corrected chi connectivity index (χ2v) is 3.42. The molecule has 0 aliphatic heterocycles. The molecule has 0 heterocycles. The third kappa shape index (κ3) is 2.73. The van der Waals surface area contributed by atoms with Gasteiger partial charge in [-0.25, -0.2) is 0 Å².